The molecule has 0 aromatic heterocycles. The molecule has 0 bridgehead atoms. The first-order valence-corrected chi connectivity index (χ1v) is 10.7. The Hall–Kier alpha value is -2.56. The van der Waals surface area contributed by atoms with Gasteiger partial charge in [-0.25, -0.2) is 4.39 Å². The van der Waals surface area contributed by atoms with Gasteiger partial charge in [0.15, 0.2) is 0 Å². The van der Waals surface area contributed by atoms with Gasteiger partial charge in [0.05, 0.1) is 0 Å². The van der Waals surface area contributed by atoms with Gasteiger partial charge in [-0.3, -0.25) is 4.90 Å². The van der Waals surface area contributed by atoms with Gasteiger partial charge in [0.2, 0.25) is 0 Å². The van der Waals surface area contributed by atoms with Crippen molar-refractivity contribution in [3.05, 3.63) is 101 Å². The van der Waals surface area contributed by atoms with E-state index in [1.165, 1.54) is 11.8 Å². The van der Waals surface area contributed by atoms with Gasteiger partial charge in [0, 0.05) is 49.9 Å². The van der Waals surface area contributed by atoms with Crippen LogP contribution in [0.3, 0.4) is 0 Å². The minimum absolute atomic E-state index is 0.116. The lowest BCUT2D eigenvalue weighted by Gasteiger charge is -2.37. The average Bonchev–Trinajstić information content (AvgIpc) is 2.98. The Morgan fingerprint density at radius 2 is 1.77 bits per heavy atom. The summed E-state index contributed by atoms with van der Waals surface area (Å²) in [5.41, 5.74) is 2.29. The number of hydrogen-bond donors (Lipinski definition) is 0. The monoisotopic (exact) mass is 424 g/mol. The van der Waals surface area contributed by atoms with Gasteiger partial charge >= 0.3 is 0 Å². The Labute approximate surface area is 182 Å². The van der Waals surface area contributed by atoms with Crippen molar-refractivity contribution in [3.8, 4) is 0 Å². The van der Waals surface area contributed by atoms with E-state index in [1.54, 1.807) is 12.2 Å². The van der Waals surface area contributed by atoms with Crippen LogP contribution in [0.4, 0.5) is 10.1 Å². The van der Waals surface area contributed by atoms with Crippen molar-refractivity contribution in [1.29, 1.82) is 0 Å². The van der Waals surface area contributed by atoms with Gasteiger partial charge in [0.25, 0.3) is 0 Å². The number of benzene rings is 2. The number of rotatable bonds is 6. The molecule has 0 radical (unpaired) electrons. The molecule has 30 heavy (non-hydrogen) atoms. The first kappa shape index (κ1) is 20.7. The van der Waals surface area contributed by atoms with Gasteiger partial charge in [-0.2, -0.15) is 0 Å². The number of ether oxygens (including phenoxy) is 1. The molecular formula is C25H26ClFN2O. The third-order valence-corrected chi connectivity index (χ3v) is 5.68. The summed E-state index contributed by atoms with van der Waals surface area (Å²) in [5, 5.41) is 0.766. The van der Waals surface area contributed by atoms with Gasteiger partial charge in [-0.1, -0.05) is 54.1 Å². The van der Waals surface area contributed by atoms with Crippen LogP contribution in [-0.4, -0.2) is 37.6 Å². The summed E-state index contributed by atoms with van der Waals surface area (Å²) in [5.74, 6) is 0.535. The van der Waals surface area contributed by atoms with Crippen LogP contribution in [0.2, 0.25) is 5.02 Å². The summed E-state index contributed by atoms with van der Waals surface area (Å²) in [6.07, 6.45) is 7.05. The Morgan fingerprint density at radius 3 is 2.53 bits per heavy atom. The van der Waals surface area contributed by atoms with Crippen LogP contribution in [0, 0.1) is 0 Å². The van der Waals surface area contributed by atoms with E-state index in [0.717, 1.165) is 43.3 Å². The second-order valence-corrected chi connectivity index (χ2v) is 8.01. The van der Waals surface area contributed by atoms with Gasteiger partial charge in [-0.05, 0) is 42.0 Å². The molecule has 2 aromatic carbocycles. The van der Waals surface area contributed by atoms with Crippen LogP contribution in [-0.2, 0) is 4.74 Å². The number of nitrogens with zero attached hydrogens (tertiary/aromatic N) is 2. The van der Waals surface area contributed by atoms with Crippen LogP contribution in [0.15, 0.2) is 90.5 Å². The summed E-state index contributed by atoms with van der Waals surface area (Å²) >= 11 is 6.15. The summed E-state index contributed by atoms with van der Waals surface area (Å²) in [6, 6.07) is 18.3. The minimum atomic E-state index is -0.154. The standard InChI is InChI=1S/C25H26ClFN2O/c26-21-8-4-10-23(18-21)29-16-14-28(15-17-29)19-25(20-6-2-1-3-7-20)30-24-11-5-9-22(27)12-13-24/h1-8,10-13,18,25H,9,14-17,19H2. The average molecular weight is 425 g/mol. The largest absolute Gasteiger partial charge is 0.484 e. The molecule has 1 saturated heterocycles. The third kappa shape index (κ3) is 5.53. The zero-order chi connectivity index (χ0) is 20.8. The topological polar surface area (TPSA) is 15.7 Å². The lowest BCUT2D eigenvalue weighted by atomic mass is 10.1. The van der Waals surface area contributed by atoms with Crippen molar-refractivity contribution in [2.24, 2.45) is 0 Å². The highest BCUT2D eigenvalue weighted by Crippen LogP contribution is 2.26. The maximum atomic E-state index is 13.5. The Bertz CT molecular complexity index is 933. The van der Waals surface area contributed by atoms with E-state index in [0.29, 0.717) is 12.2 Å². The van der Waals surface area contributed by atoms with Crippen molar-refractivity contribution in [1.82, 2.24) is 4.90 Å². The molecule has 0 spiro atoms. The zero-order valence-corrected chi connectivity index (χ0v) is 17.6. The summed E-state index contributed by atoms with van der Waals surface area (Å²) in [7, 11) is 0. The van der Waals surface area contributed by atoms with Gasteiger partial charge in [-0.15, -0.1) is 0 Å². The lowest BCUT2D eigenvalue weighted by molar-refractivity contribution is 0.0780. The number of anilines is 1. The molecule has 0 N–H and O–H groups in total. The maximum absolute atomic E-state index is 13.5. The van der Waals surface area contributed by atoms with Crippen molar-refractivity contribution in [2.45, 2.75) is 12.5 Å². The predicted octanol–water partition coefficient (Wildman–Crippen LogP) is 5.92. The quantitative estimate of drug-likeness (QED) is 0.572. The van der Waals surface area contributed by atoms with Crippen LogP contribution in [0.1, 0.15) is 18.1 Å². The highest BCUT2D eigenvalue weighted by atomic mass is 35.5. The van der Waals surface area contributed by atoms with Crippen LogP contribution >= 0.6 is 11.6 Å². The van der Waals surface area contributed by atoms with E-state index in [4.69, 9.17) is 16.3 Å². The Morgan fingerprint density at radius 1 is 0.967 bits per heavy atom. The van der Waals surface area contributed by atoms with E-state index in [2.05, 4.69) is 28.0 Å². The summed E-state index contributed by atoms with van der Waals surface area (Å²) in [4.78, 5) is 4.79. The van der Waals surface area contributed by atoms with Crippen LogP contribution in [0.5, 0.6) is 0 Å². The highest BCUT2D eigenvalue weighted by molar-refractivity contribution is 6.30. The maximum Gasteiger partial charge on any atom is 0.136 e. The molecule has 2 aliphatic rings. The first-order valence-electron chi connectivity index (χ1n) is 10.3. The molecule has 0 saturated carbocycles. The SMILES string of the molecule is FC1=CC=C(OC(CN2CCN(c3cccc(Cl)c3)CC2)c2ccccc2)C=CC1. The fourth-order valence-electron chi connectivity index (χ4n) is 3.80. The Balaban J connectivity index is 1.42. The molecule has 1 unspecified atom stereocenters. The highest BCUT2D eigenvalue weighted by Gasteiger charge is 2.23. The minimum Gasteiger partial charge on any atom is -0.484 e. The second kappa shape index (κ2) is 9.96. The fraction of sp³-hybridized carbons (Fsp3) is 0.280. The molecule has 0 amide bonds. The molecular weight excluding hydrogens is 399 g/mol. The van der Waals surface area contributed by atoms with E-state index < -0.39 is 0 Å². The van der Waals surface area contributed by atoms with Gasteiger partial charge in [0.1, 0.15) is 17.7 Å². The smallest absolute Gasteiger partial charge is 0.136 e. The first-order chi connectivity index (χ1) is 14.7. The molecule has 156 valence electrons. The normalized spacial score (nSPS) is 18.4. The van der Waals surface area contributed by atoms with Crippen molar-refractivity contribution < 1.29 is 9.13 Å². The van der Waals surface area contributed by atoms with E-state index in [1.807, 2.05) is 42.5 Å². The Kier molecular flexibility index (Phi) is 6.88. The molecule has 3 nitrogen and oxygen atoms in total. The molecule has 2 aromatic rings. The summed E-state index contributed by atoms with van der Waals surface area (Å²) in [6.45, 7) is 4.56. The number of allylic oxidation sites excluding steroid dienone is 5. The van der Waals surface area contributed by atoms with Crippen molar-refractivity contribution >= 4 is 17.3 Å². The predicted molar refractivity (Wildman–Crippen MR) is 121 cm³/mol. The lowest BCUT2D eigenvalue weighted by Crippen LogP contribution is -2.47. The second-order valence-electron chi connectivity index (χ2n) is 7.57. The van der Waals surface area contributed by atoms with Crippen molar-refractivity contribution in [3.63, 3.8) is 0 Å². The number of halogens is 2. The van der Waals surface area contributed by atoms with E-state index in [9.17, 15) is 4.39 Å². The molecule has 1 aliphatic carbocycles. The molecule has 1 heterocycles. The third-order valence-electron chi connectivity index (χ3n) is 5.44. The van der Waals surface area contributed by atoms with Crippen LogP contribution < -0.4 is 4.90 Å². The molecule has 1 fully saturated rings. The molecule has 1 atom stereocenters. The number of hydrogen-bond acceptors (Lipinski definition) is 3. The fourth-order valence-corrected chi connectivity index (χ4v) is 3.99. The van der Waals surface area contributed by atoms with Crippen LogP contribution in [0.25, 0.3) is 0 Å². The van der Waals surface area contributed by atoms with Gasteiger partial charge < -0.3 is 9.64 Å². The summed E-state index contributed by atoms with van der Waals surface area (Å²) < 4.78 is 19.9. The van der Waals surface area contributed by atoms with Crippen molar-refractivity contribution in [2.75, 3.05) is 37.6 Å². The van der Waals surface area contributed by atoms with E-state index in [-0.39, 0.29) is 11.9 Å². The van der Waals surface area contributed by atoms with E-state index >= 15 is 0 Å². The molecule has 1 aliphatic heterocycles. The molecule has 5 heteroatoms. The number of piperazine rings is 1. The zero-order valence-electron chi connectivity index (χ0n) is 16.9. The molecule has 4 rings (SSSR count).